The van der Waals surface area contributed by atoms with Gasteiger partial charge in [-0.25, -0.2) is 0 Å². The molecule has 2 rings (SSSR count). The van der Waals surface area contributed by atoms with Crippen LogP contribution in [0.1, 0.15) is 25.3 Å². The normalized spacial score (nSPS) is 15.3. The minimum absolute atomic E-state index is 0.0301. The number of hydrogen-bond donors (Lipinski definition) is 2. The van der Waals surface area contributed by atoms with E-state index >= 15 is 0 Å². The van der Waals surface area contributed by atoms with E-state index in [1.807, 2.05) is 0 Å². The van der Waals surface area contributed by atoms with Gasteiger partial charge in [-0.1, -0.05) is 0 Å². The molecule has 8 heteroatoms. The van der Waals surface area contributed by atoms with Crippen LogP contribution >= 0.6 is 0 Å². The number of rotatable bonds is 4. The van der Waals surface area contributed by atoms with E-state index in [9.17, 15) is 19.7 Å². The number of nitro benzene ring substituents is 1. The number of nitrogen functional groups attached to an aromatic ring is 1. The van der Waals surface area contributed by atoms with Crippen LogP contribution in [0.2, 0.25) is 0 Å². The van der Waals surface area contributed by atoms with Gasteiger partial charge in [-0.05, 0) is 24.5 Å². The zero-order chi connectivity index (χ0) is 17.0. The monoisotopic (exact) mass is 320 g/mol. The average molecular weight is 320 g/mol. The molecule has 1 heterocycles. The summed E-state index contributed by atoms with van der Waals surface area (Å²) in [5, 5.41) is 13.5. The lowest BCUT2D eigenvalue weighted by Crippen LogP contribution is -2.42. The average Bonchev–Trinajstić information content (AvgIpc) is 2.53. The van der Waals surface area contributed by atoms with Crippen LogP contribution in [0.4, 0.5) is 11.4 Å². The smallest absolute Gasteiger partial charge is 0.271 e. The molecule has 0 aromatic heterocycles. The van der Waals surface area contributed by atoms with Gasteiger partial charge in [-0.2, -0.15) is 0 Å². The number of likely N-dealkylation sites (tertiary alicyclic amines) is 1. The fourth-order valence-electron chi connectivity index (χ4n) is 2.64. The molecular weight excluding hydrogens is 300 g/mol. The highest BCUT2D eigenvalue weighted by atomic mass is 16.6. The van der Waals surface area contributed by atoms with Crippen LogP contribution in [0.3, 0.4) is 0 Å². The Kier molecular flexibility index (Phi) is 5.15. The first-order valence-corrected chi connectivity index (χ1v) is 7.44. The Labute approximate surface area is 133 Å². The van der Waals surface area contributed by atoms with Crippen molar-refractivity contribution >= 4 is 23.2 Å². The van der Waals surface area contributed by atoms with Crippen molar-refractivity contribution < 1.29 is 14.5 Å². The lowest BCUT2D eigenvalue weighted by Gasteiger charge is -2.30. The summed E-state index contributed by atoms with van der Waals surface area (Å²) in [5.74, 6) is -0.168. The SMILES string of the molecule is CC(=O)N1CCC(C(=O)NCc2ccc([N+](=O)[O-])cc2N)CC1. The zero-order valence-corrected chi connectivity index (χ0v) is 12.9. The van der Waals surface area contributed by atoms with E-state index < -0.39 is 4.92 Å². The van der Waals surface area contributed by atoms with Crippen molar-refractivity contribution in [3.8, 4) is 0 Å². The second-order valence-corrected chi connectivity index (χ2v) is 5.64. The maximum atomic E-state index is 12.2. The molecule has 0 aliphatic carbocycles. The number of nitro groups is 1. The van der Waals surface area contributed by atoms with Gasteiger partial charge in [0.1, 0.15) is 0 Å². The third kappa shape index (κ3) is 4.18. The zero-order valence-electron chi connectivity index (χ0n) is 12.9. The van der Waals surface area contributed by atoms with Crippen molar-refractivity contribution in [1.82, 2.24) is 10.2 Å². The van der Waals surface area contributed by atoms with E-state index in [0.717, 1.165) is 0 Å². The van der Waals surface area contributed by atoms with Gasteiger partial charge in [-0.3, -0.25) is 19.7 Å². The molecule has 1 aliphatic heterocycles. The van der Waals surface area contributed by atoms with E-state index in [4.69, 9.17) is 5.73 Å². The molecule has 0 bridgehead atoms. The van der Waals surface area contributed by atoms with Gasteiger partial charge in [0.15, 0.2) is 0 Å². The van der Waals surface area contributed by atoms with Crippen molar-refractivity contribution in [2.24, 2.45) is 5.92 Å². The van der Waals surface area contributed by atoms with E-state index in [1.165, 1.54) is 19.1 Å². The number of hydrogen-bond acceptors (Lipinski definition) is 5. The summed E-state index contributed by atoms with van der Waals surface area (Å²) in [7, 11) is 0. The molecule has 1 fully saturated rings. The second kappa shape index (κ2) is 7.08. The summed E-state index contributed by atoms with van der Waals surface area (Å²) in [6.45, 7) is 2.94. The first-order chi connectivity index (χ1) is 10.9. The number of amides is 2. The van der Waals surface area contributed by atoms with Crippen molar-refractivity contribution in [2.45, 2.75) is 26.3 Å². The Hall–Kier alpha value is -2.64. The molecule has 2 amide bonds. The molecule has 1 saturated heterocycles. The molecule has 0 saturated carbocycles. The van der Waals surface area contributed by atoms with E-state index in [1.54, 1.807) is 11.0 Å². The van der Waals surface area contributed by atoms with Crippen LogP contribution in [0.5, 0.6) is 0 Å². The maximum absolute atomic E-state index is 12.2. The van der Waals surface area contributed by atoms with E-state index in [2.05, 4.69) is 5.32 Å². The first kappa shape index (κ1) is 16.7. The highest BCUT2D eigenvalue weighted by Crippen LogP contribution is 2.21. The predicted molar refractivity (Wildman–Crippen MR) is 84.3 cm³/mol. The number of carbonyl (C=O) groups excluding carboxylic acids is 2. The molecule has 23 heavy (non-hydrogen) atoms. The van der Waals surface area contributed by atoms with Gasteiger partial charge < -0.3 is 16.0 Å². The quantitative estimate of drug-likeness (QED) is 0.488. The number of carbonyl (C=O) groups is 2. The van der Waals surface area contributed by atoms with Gasteiger partial charge in [0, 0.05) is 50.3 Å². The molecule has 124 valence electrons. The highest BCUT2D eigenvalue weighted by Gasteiger charge is 2.25. The molecular formula is C15H20N4O4. The van der Waals surface area contributed by atoms with Gasteiger partial charge >= 0.3 is 0 Å². The second-order valence-electron chi connectivity index (χ2n) is 5.64. The Bertz CT molecular complexity index is 624. The molecule has 1 aromatic rings. The topological polar surface area (TPSA) is 119 Å². The maximum Gasteiger partial charge on any atom is 0.271 e. The summed E-state index contributed by atoms with van der Waals surface area (Å²) >= 11 is 0. The third-order valence-electron chi connectivity index (χ3n) is 4.10. The third-order valence-corrected chi connectivity index (χ3v) is 4.10. The molecule has 0 atom stereocenters. The number of non-ortho nitro benzene ring substituents is 1. The highest BCUT2D eigenvalue weighted by molar-refractivity contribution is 5.79. The molecule has 0 radical (unpaired) electrons. The Balaban J connectivity index is 1.88. The lowest BCUT2D eigenvalue weighted by molar-refractivity contribution is -0.384. The van der Waals surface area contributed by atoms with Crippen LogP contribution in [0.15, 0.2) is 18.2 Å². The van der Waals surface area contributed by atoms with Crippen molar-refractivity contribution in [3.05, 3.63) is 33.9 Å². The molecule has 1 aliphatic rings. The lowest BCUT2D eigenvalue weighted by atomic mass is 9.96. The molecule has 1 aromatic carbocycles. The molecule has 3 N–H and O–H groups in total. The van der Waals surface area contributed by atoms with Gasteiger partial charge in [0.05, 0.1) is 4.92 Å². The summed E-state index contributed by atoms with van der Waals surface area (Å²) in [6.07, 6.45) is 1.28. The largest absolute Gasteiger partial charge is 0.398 e. The Morgan fingerprint density at radius 2 is 2.04 bits per heavy atom. The summed E-state index contributed by atoms with van der Waals surface area (Å²) in [6, 6.07) is 4.20. The fraction of sp³-hybridized carbons (Fsp3) is 0.467. The van der Waals surface area contributed by atoms with Gasteiger partial charge in [0.2, 0.25) is 11.8 Å². The Morgan fingerprint density at radius 3 is 2.57 bits per heavy atom. The van der Waals surface area contributed by atoms with Crippen LogP contribution in [-0.4, -0.2) is 34.7 Å². The van der Waals surface area contributed by atoms with E-state index in [0.29, 0.717) is 31.5 Å². The van der Waals surface area contributed by atoms with Crippen molar-refractivity contribution in [3.63, 3.8) is 0 Å². The summed E-state index contributed by atoms with van der Waals surface area (Å²) in [4.78, 5) is 35.3. The molecule has 0 spiro atoms. The number of benzene rings is 1. The molecule has 8 nitrogen and oxygen atoms in total. The van der Waals surface area contributed by atoms with Crippen LogP contribution < -0.4 is 11.1 Å². The number of anilines is 1. The van der Waals surface area contributed by atoms with Crippen LogP contribution in [0, 0.1) is 16.0 Å². The predicted octanol–water partition coefficient (Wildman–Crippen LogP) is 1.05. The minimum Gasteiger partial charge on any atom is -0.398 e. The number of nitrogens with two attached hydrogens (primary N) is 1. The summed E-state index contributed by atoms with van der Waals surface area (Å²) in [5.41, 5.74) is 6.63. The van der Waals surface area contributed by atoms with Gasteiger partial charge in [0.25, 0.3) is 5.69 Å². The Morgan fingerprint density at radius 1 is 1.39 bits per heavy atom. The molecule has 0 unspecified atom stereocenters. The fourth-order valence-corrected chi connectivity index (χ4v) is 2.64. The van der Waals surface area contributed by atoms with E-state index in [-0.39, 0.29) is 35.7 Å². The van der Waals surface area contributed by atoms with Crippen molar-refractivity contribution in [2.75, 3.05) is 18.8 Å². The summed E-state index contributed by atoms with van der Waals surface area (Å²) < 4.78 is 0. The van der Waals surface area contributed by atoms with Crippen molar-refractivity contribution in [1.29, 1.82) is 0 Å². The standard InChI is InChI=1S/C15H20N4O4/c1-10(20)18-6-4-11(5-7-18)15(21)17-9-12-2-3-13(19(22)23)8-14(12)16/h2-3,8,11H,4-7,9,16H2,1H3,(H,17,21). The first-order valence-electron chi connectivity index (χ1n) is 7.44. The minimum atomic E-state index is -0.512. The number of nitrogens with one attached hydrogen (secondary N) is 1. The van der Waals surface area contributed by atoms with Gasteiger partial charge in [-0.15, -0.1) is 0 Å². The number of piperidine rings is 1. The number of nitrogens with zero attached hydrogens (tertiary/aromatic N) is 2. The van der Waals surface area contributed by atoms with Crippen LogP contribution in [0.25, 0.3) is 0 Å². The van der Waals surface area contributed by atoms with Crippen LogP contribution in [-0.2, 0) is 16.1 Å².